The Hall–Kier alpha value is -1.62. The van der Waals surface area contributed by atoms with Gasteiger partial charge in [0, 0.05) is 19.6 Å². The molecule has 0 atom stereocenters. The van der Waals surface area contributed by atoms with Crippen LogP contribution in [-0.2, 0) is 11.3 Å². The van der Waals surface area contributed by atoms with E-state index < -0.39 is 5.97 Å². The lowest BCUT2D eigenvalue weighted by molar-refractivity contribution is -0.136. The van der Waals surface area contributed by atoms with Crippen LogP contribution in [0.15, 0.2) is 18.2 Å². The smallest absolute Gasteiger partial charge is 0.305 e. The van der Waals surface area contributed by atoms with E-state index in [1.807, 2.05) is 14.0 Å². The van der Waals surface area contributed by atoms with Gasteiger partial charge in [0.1, 0.15) is 5.82 Å². The first-order valence-electron chi connectivity index (χ1n) is 5.98. The molecule has 0 aliphatic rings. The van der Waals surface area contributed by atoms with Gasteiger partial charge >= 0.3 is 5.97 Å². The van der Waals surface area contributed by atoms with Crippen LogP contribution in [-0.4, -0.2) is 31.2 Å². The molecule has 0 heterocycles. The summed E-state index contributed by atoms with van der Waals surface area (Å²) in [5.41, 5.74) is 1.44. The van der Waals surface area contributed by atoms with Gasteiger partial charge in [0.05, 0.1) is 12.1 Å². The number of hydrogen-bond acceptors (Lipinski definition) is 3. The molecule has 0 unspecified atom stereocenters. The SMILES string of the molecule is CCN(CCC(=O)O)c1cc(CNC)ccc1F. The Morgan fingerprint density at radius 2 is 2.22 bits per heavy atom. The van der Waals surface area contributed by atoms with Gasteiger partial charge in [-0.25, -0.2) is 4.39 Å². The summed E-state index contributed by atoms with van der Waals surface area (Å²) in [5.74, 6) is -1.19. The molecule has 0 fully saturated rings. The molecule has 0 radical (unpaired) electrons. The van der Waals surface area contributed by atoms with Crippen molar-refractivity contribution in [2.24, 2.45) is 0 Å². The molecule has 1 aromatic rings. The van der Waals surface area contributed by atoms with Crippen molar-refractivity contribution < 1.29 is 14.3 Å². The van der Waals surface area contributed by atoms with E-state index >= 15 is 0 Å². The zero-order valence-corrected chi connectivity index (χ0v) is 10.7. The number of benzene rings is 1. The van der Waals surface area contributed by atoms with E-state index in [0.29, 0.717) is 25.3 Å². The van der Waals surface area contributed by atoms with Crippen molar-refractivity contribution in [3.8, 4) is 0 Å². The summed E-state index contributed by atoms with van der Waals surface area (Å²) in [5, 5.41) is 11.7. The lowest BCUT2D eigenvalue weighted by atomic mass is 10.1. The molecular formula is C13H19FN2O2. The van der Waals surface area contributed by atoms with Crippen LogP contribution in [0.5, 0.6) is 0 Å². The second kappa shape index (κ2) is 6.96. The maximum absolute atomic E-state index is 13.8. The van der Waals surface area contributed by atoms with Crippen molar-refractivity contribution >= 4 is 11.7 Å². The van der Waals surface area contributed by atoms with Crippen molar-refractivity contribution in [2.75, 3.05) is 25.0 Å². The minimum atomic E-state index is -0.875. The van der Waals surface area contributed by atoms with Gasteiger partial charge in [-0.05, 0) is 31.7 Å². The van der Waals surface area contributed by atoms with Gasteiger partial charge in [-0.3, -0.25) is 4.79 Å². The molecule has 0 spiro atoms. The van der Waals surface area contributed by atoms with E-state index in [4.69, 9.17) is 5.11 Å². The first-order chi connectivity index (χ1) is 8.58. The third kappa shape index (κ3) is 4.00. The van der Waals surface area contributed by atoms with Crippen molar-refractivity contribution in [1.29, 1.82) is 0 Å². The van der Waals surface area contributed by atoms with Crippen LogP contribution in [0.4, 0.5) is 10.1 Å². The molecule has 0 saturated carbocycles. The van der Waals surface area contributed by atoms with Crippen molar-refractivity contribution in [3.05, 3.63) is 29.6 Å². The van der Waals surface area contributed by atoms with Gasteiger partial charge in [0.2, 0.25) is 0 Å². The Morgan fingerprint density at radius 3 is 2.78 bits per heavy atom. The second-order valence-corrected chi connectivity index (χ2v) is 4.04. The van der Waals surface area contributed by atoms with Gasteiger partial charge < -0.3 is 15.3 Å². The summed E-state index contributed by atoms with van der Waals surface area (Å²) in [4.78, 5) is 12.3. The van der Waals surface area contributed by atoms with Crippen LogP contribution in [0.2, 0.25) is 0 Å². The fraction of sp³-hybridized carbons (Fsp3) is 0.462. The van der Waals surface area contributed by atoms with E-state index in [9.17, 15) is 9.18 Å². The van der Waals surface area contributed by atoms with E-state index in [1.54, 1.807) is 17.0 Å². The molecule has 0 aliphatic heterocycles. The molecular weight excluding hydrogens is 235 g/mol. The maximum Gasteiger partial charge on any atom is 0.305 e. The summed E-state index contributed by atoms with van der Waals surface area (Å²) in [6.45, 7) is 3.43. The Morgan fingerprint density at radius 1 is 1.50 bits per heavy atom. The Bertz CT molecular complexity index is 410. The van der Waals surface area contributed by atoms with Gasteiger partial charge in [-0.2, -0.15) is 0 Å². The lowest BCUT2D eigenvalue weighted by Gasteiger charge is -2.23. The highest BCUT2D eigenvalue weighted by atomic mass is 19.1. The molecule has 18 heavy (non-hydrogen) atoms. The van der Waals surface area contributed by atoms with Crippen molar-refractivity contribution in [2.45, 2.75) is 19.9 Å². The predicted molar refractivity (Wildman–Crippen MR) is 69.3 cm³/mol. The first kappa shape index (κ1) is 14.4. The number of carboxylic acids is 1. The van der Waals surface area contributed by atoms with E-state index in [1.165, 1.54) is 6.07 Å². The summed E-state index contributed by atoms with van der Waals surface area (Å²) >= 11 is 0. The highest BCUT2D eigenvalue weighted by Gasteiger charge is 2.12. The maximum atomic E-state index is 13.8. The number of carbonyl (C=O) groups is 1. The van der Waals surface area contributed by atoms with E-state index in [0.717, 1.165) is 5.56 Å². The molecule has 1 rings (SSSR count). The molecule has 0 amide bonds. The molecule has 0 aliphatic carbocycles. The number of aliphatic carboxylic acids is 1. The van der Waals surface area contributed by atoms with Gasteiger partial charge in [-0.1, -0.05) is 6.07 Å². The Balaban J connectivity index is 2.89. The molecule has 0 saturated heterocycles. The summed E-state index contributed by atoms with van der Waals surface area (Å²) in [6.07, 6.45) is 0.00351. The summed E-state index contributed by atoms with van der Waals surface area (Å²) in [6, 6.07) is 4.91. The van der Waals surface area contributed by atoms with Crippen LogP contribution in [0.25, 0.3) is 0 Å². The Labute approximate surface area is 106 Å². The predicted octanol–water partition coefficient (Wildman–Crippen LogP) is 1.85. The van der Waals surface area contributed by atoms with Crippen LogP contribution < -0.4 is 10.2 Å². The van der Waals surface area contributed by atoms with E-state index in [2.05, 4.69) is 5.32 Å². The third-order valence-corrected chi connectivity index (χ3v) is 2.71. The highest BCUT2D eigenvalue weighted by Crippen LogP contribution is 2.21. The molecule has 100 valence electrons. The van der Waals surface area contributed by atoms with Crippen LogP contribution >= 0.6 is 0 Å². The molecule has 0 aromatic heterocycles. The minimum Gasteiger partial charge on any atom is -0.481 e. The standard InChI is InChI=1S/C13H19FN2O2/c1-3-16(7-6-13(17)18)12-8-10(9-15-2)4-5-11(12)14/h4-5,8,15H,3,6-7,9H2,1-2H3,(H,17,18). The second-order valence-electron chi connectivity index (χ2n) is 4.04. The quantitative estimate of drug-likeness (QED) is 0.779. The third-order valence-electron chi connectivity index (χ3n) is 2.71. The number of halogens is 1. The van der Waals surface area contributed by atoms with Crippen LogP contribution in [0.3, 0.4) is 0 Å². The van der Waals surface area contributed by atoms with Gasteiger partial charge in [0.15, 0.2) is 0 Å². The monoisotopic (exact) mass is 254 g/mol. The molecule has 2 N–H and O–H groups in total. The van der Waals surface area contributed by atoms with Crippen LogP contribution in [0.1, 0.15) is 18.9 Å². The average Bonchev–Trinajstić information content (AvgIpc) is 2.33. The van der Waals surface area contributed by atoms with Gasteiger partial charge in [0.25, 0.3) is 0 Å². The highest BCUT2D eigenvalue weighted by molar-refractivity contribution is 5.67. The zero-order valence-electron chi connectivity index (χ0n) is 10.7. The molecule has 0 bridgehead atoms. The normalized spacial score (nSPS) is 10.4. The van der Waals surface area contributed by atoms with Gasteiger partial charge in [-0.15, -0.1) is 0 Å². The molecule has 4 nitrogen and oxygen atoms in total. The summed E-state index contributed by atoms with van der Waals surface area (Å²) in [7, 11) is 1.82. The molecule has 5 heteroatoms. The lowest BCUT2D eigenvalue weighted by Crippen LogP contribution is -2.26. The number of anilines is 1. The number of carboxylic acid groups (broad SMARTS) is 1. The number of rotatable bonds is 7. The minimum absolute atomic E-state index is 0.00351. The first-order valence-corrected chi connectivity index (χ1v) is 5.98. The zero-order chi connectivity index (χ0) is 13.5. The van der Waals surface area contributed by atoms with E-state index in [-0.39, 0.29) is 12.2 Å². The van der Waals surface area contributed by atoms with Crippen molar-refractivity contribution in [3.63, 3.8) is 0 Å². The fourth-order valence-corrected chi connectivity index (χ4v) is 1.79. The fourth-order valence-electron chi connectivity index (χ4n) is 1.79. The molecule has 1 aromatic carbocycles. The topological polar surface area (TPSA) is 52.6 Å². The number of nitrogens with zero attached hydrogens (tertiary/aromatic N) is 1. The van der Waals surface area contributed by atoms with Crippen molar-refractivity contribution in [1.82, 2.24) is 5.32 Å². The Kier molecular flexibility index (Phi) is 5.58. The largest absolute Gasteiger partial charge is 0.481 e. The van der Waals surface area contributed by atoms with Crippen LogP contribution in [0, 0.1) is 5.82 Å². The average molecular weight is 254 g/mol. The number of hydrogen-bond donors (Lipinski definition) is 2. The summed E-state index contributed by atoms with van der Waals surface area (Å²) < 4.78 is 13.8. The number of nitrogens with one attached hydrogen (secondary N) is 1.